The number of hydrogen-bond acceptors (Lipinski definition) is 3. The second-order valence-electron chi connectivity index (χ2n) is 20.0. The second-order valence-corrected chi connectivity index (χ2v) is 20.0. The summed E-state index contributed by atoms with van der Waals surface area (Å²) in [4.78, 5) is 9.41. The Bertz CT molecular complexity index is 3970. The van der Waals surface area contributed by atoms with Crippen molar-refractivity contribution < 1.29 is 44.5 Å². The summed E-state index contributed by atoms with van der Waals surface area (Å²) in [6.45, 7) is 12.5. The minimum absolute atomic E-state index is 0. The van der Waals surface area contributed by atoms with Crippen LogP contribution in [0, 0.1) is 41.9 Å². The number of benzene rings is 8. The fourth-order valence-corrected chi connectivity index (χ4v) is 9.34. The van der Waals surface area contributed by atoms with Gasteiger partial charge >= 0.3 is 0 Å². The average Bonchev–Trinajstić information content (AvgIpc) is 4.03. The monoisotopic (exact) mass is 1160 g/mol. The van der Waals surface area contributed by atoms with Crippen LogP contribution >= 0.6 is 0 Å². The Balaban J connectivity index is 0.000000253. The molecule has 0 saturated carbocycles. The van der Waals surface area contributed by atoms with Gasteiger partial charge in [0.1, 0.15) is 17.2 Å². The number of imidazole rings is 1. The SMILES string of the molecule is [2H]C([2H])([2H])c1ccc(-c2[c-]cc(F)c(-c3ccc(F)cc3)c2)nc1.[2H]C([2H])(c1ccc(-c2cc(C(C)C)c(-n3c(-c4[c-]ccc5c4oc4cc(-c6ccc(F)cc6)ccc45)nc4ccccc43)c(C(C)C)c2)cc1)C(C)(C)C.[Ir]. The summed E-state index contributed by atoms with van der Waals surface area (Å²) in [6.07, 6.45) is -0.192. The predicted molar refractivity (Wildman–Crippen MR) is 293 cm³/mol. The van der Waals surface area contributed by atoms with Crippen LogP contribution in [0.15, 0.2) is 174 Å². The molecule has 11 aromatic rings. The molecule has 11 rings (SSSR count). The van der Waals surface area contributed by atoms with Crippen LogP contribution in [0.4, 0.5) is 13.2 Å². The summed E-state index contributed by atoms with van der Waals surface area (Å²) in [7, 11) is 0. The molecule has 0 N–H and O–H groups in total. The van der Waals surface area contributed by atoms with Crippen LogP contribution in [0.5, 0.6) is 0 Å². The van der Waals surface area contributed by atoms with Gasteiger partial charge in [0, 0.05) is 50.0 Å². The average molecular weight is 1160 g/mol. The van der Waals surface area contributed by atoms with Gasteiger partial charge in [-0.2, -0.15) is 0 Å². The van der Waals surface area contributed by atoms with Gasteiger partial charge in [-0.05, 0) is 141 Å². The number of aryl methyl sites for hydroxylation is 1. The quantitative estimate of drug-likeness (QED) is 0.135. The molecule has 0 spiro atoms. The molecule has 0 saturated heterocycles. The molecule has 3 aromatic heterocycles. The van der Waals surface area contributed by atoms with Gasteiger partial charge in [-0.15, -0.1) is 42.0 Å². The van der Waals surface area contributed by atoms with E-state index in [1.165, 1.54) is 65.9 Å². The molecule has 74 heavy (non-hydrogen) atoms. The Morgan fingerprint density at radius 3 is 1.95 bits per heavy atom. The maximum atomic E-state index is 14.1. The molecule has 0 amide bonds. The molecule has 0 bridgehead atoms. The molecule has 373 valence electrons. The van der Waals surface area contributed by atoms with Crippen molar-refractivity contribution in [3.63, 3.8) is 0 Å². The molecule has 8 aromatic carbocycles. The van der Waals surface area contributed by atoms with E-state index in [1.807, 2.05) is 57.2 Å². The zero-order chi connectivity index (χ0) is 55.4. The molecule has 0 aliphatic rings. The van der Waals surface area contributed by atoms with Gasteiger partial charge in [-0.3, -0.25) is 9.37 Å². The Morgan fingerprint density at radius 1 is 0.676 bits per heavy atom. The third-order valence-corrected chi connectivity index (χ3v) is 12.9. The number of aromatic nitrogens is 3. The van der Waals surface area contributed by atoms with Crippen LogP contribution in [0.2, 0.25) is 0 Å². The number of fused-ring (bicyclic) bond motifs is 4. The van der Waals surface area contributed by atoms with Gasteiger partial charge in [-0.25, -0.2) is 8.78 Å². The molecule has 0 fully saturated rings. The maximum absolute atomic E-state index is 14.1. The van der Waals surface area contributed by atoms with Crippen molar-refractivity contribution in [3.05, 3.63) is 222 Å². The first-order valence-electron chi connectivity index (χ1n) is 26.9. The fraction of sp³-hybridized carbons (Fsp3) is 0.182. The summed E-state index contributed by atoms with van der Waals surface area (Å²) in [5, 5.41) is 1.97. The summed E-state index contributed by atoms with van der Waals surface area (Å²) in [6, 6.07) is 55.0. The van der Waals surface area contributed by atoms with E-state index in [-0.39, 0.29) is 43.3 Å². The van der Waals surface area contributed by atoms with Crippen LogP contribution in [0.25, 0.3) is 94.7 Å². The summed E-state index contributed by atoms with van der Waals surface area (Å²) >= 11 is 0. The number of rotatable bonds is 9. The minimum atomic E-state index is -2.22. The van der Waals surface area contributed by atoms with E-state index >= 15 is 0 Å². The largest absolute Gasteiger partial charge is 0.501 e. The third-order valence-electron chi connectivity index (χ3n) is 12.9. The van der Waals surface area contributed by atoms with Gasteiger partial charge in [0.2, 0.25) is 0 Å². The molecule has 1 radical (unpaired) electrons. The van der Waals surface area contributed by atoms with E-state index < -0.39 is 30.3 Å². The number of halogens is 3. The fourth-order valence-electron chi connectivity index (χ4n) is 9.34. The van der Waals surface area contributed by atoms with E-state index in [1.54, 1.807) is 24.3 Å². The smallest absolute Gasteiger partial charge is 0.123 e. The Hall–Kier alpha value is -7.38. The molecular weight excluding hydrogens is 1100 g/mol. The predicted octanol–water partition coefficient (Wildman–Crippen LogP) is 18.5. The minimum Gasteiger partial charge on any atom is -0.501 e. The number of furan rings is 1. The van der Waals surface area contributed by atoms with Crippen molar-refractivity contribution in [2.45, 2.75) is 73.5 Å². The molecule has 0 atom stereocenters. The zero-order valence-electron chi connectivity index (χ0n) is 47.0. The summed E-state index contributed by atoms with van der Waals surface area (Å²) in [5.74, 6) is -0.0371. The number of nitrogens with zero attached hydrogens (tertiary/aromatic N) is 3. The van der Waals surface area contributed by atoms with Crippen molar-refractivity contribution in [3.8, 4) is 61.7 Å². The first kappa shape index (κ1) is 45.3. The molecule has 0 aliphatic heterocycles. The second kappa shape index (κ2) is 21.2. The van der Waals surface area contributed by atoms with E-state index in [0.29, 0.717) is 33.5 Å². The summed E-state index contributed by atoms with van der Waals surface area (Å²) < 4.78 is 89.5. The Kier molecular flexibility index (Phi) is 13.0. The molecule has 8 heteroatoms. The number of para-hydroxylation sites is 2. The molecule has 4 nitrogen and oxygen atoms in total. The first-order chi connectivity index (χ1) is 37.1. The van der Waals surface area contributed by atoms with Crippen LogP contribution in [-0.2, 0) is 26.5 Å². The third kappa shape index (κ3) is 10.7. The van der Waals surface area contributed by atoms with Crippen molar-refractivity contribution in [1.29, 1.82) is 0 Å². The molecule has 0 unspecified atom stereocenters. The Morgan fingerprint density at radius 2 is 1.31 bits per heavy atom. The molecule has 3 heterocycles. The first-order valence-corrected chi connectivity index (χ1v) is 24.4. The molecule has 0 aliphatic carbocycles. The van der Waals surface area contributed by atoms with Gasteiger partial charge in [-0.1, -0.05) is 150 Å². The van der Waals surface area contributed by atoms with Crippen molar-refractivity contribution in [2.75, 3.05) is 0 Å². The number of hydrogen-bond donors (Lipinski definition) is 0. The van der Waals surface area contributed by atoms with Crippen LogP contribution < -0.4 is 0 Å². The van der Waals surface area contributed by atoms with Crippen LogP contribution in [0.1, 0.15) is 89.4 Å². The van der Waals surface area contributed by atoms with E-state index in [0.717, 1.165) is 66.7 Å². The van der Waals surface area contributed by atoms with E-state index in [2.05, 4.69) is 104 Å². The van der Waals surface area contributed by atoms with Crippen LogP contribution in [-0.4, -0.2) is 14.5 Å². The number of pyridine rings is 1. The topological polar surface area (TPSA) is 43.9 Å². The zero-order valence-corrected chi connectivity index (χ0v) is 44.4. The standard InChI is InChI=1S/C48H44FN2O.C18H12F2N.Ir/c1-29(2)40-25-35(33-17-15-31(16-18-33)28-48(5,6)7)26-41(30(3)4)45(40)51-43-14-9-8-13-42(43)50-47(51)39-12-10-11-38-37-24-21-34(27-44(37)52-46(38)39)32-19-22-36(49)23-20-32;1-12-2-9-18(21-11-12)14-5-8-17(20)16(10-14)13-3-6-15(19)7-4-13;/h8-11,13-27,29-30H,28H2,1-7H3;2-4,6-11H,1H3;/q2*-1;/i28D2;1D3;. The van der Waals surface area contributed by atoms with Gasteiger partial charge < -0.3 is 14.0 Å². The normalized spacial score (nSPS) is 13.0. The van der Waals surface area contributed by atoms with Crippen LogP contribution in [0.3, 0.4) is 0 Å². The van der Waals surface area contributed by atoms with Gasteiger partial charge in [0.05, 0.1) is 22.4 Å². The van der Waals surface area contributed by atoms with Gasteiger partial charge in [0.15, 0.2) is 0 Å². The van der Waals surface area contributed by atoms with Crippen molar-refractivity contribution in [1.82, 2.24) is 14.5 Å². The van der Waals surface area contributed by atoms with Gasteiger partial charge in [0.25, 0.3) is 0 Å². The van der Waals surface area contributed by atoms with E-state index in [9.17, 15) is 13.2 Å². The van der Waals surface area contributed by atoms with Crippen molar-refractivity contribution in [2.24, 2.45) is 5.41 Å². The van der Waals surface area contributed by atoms with E-state index in [4.69, 9.17) is 16.3 Å². The van der Waals surface area contributed by atoms with Crippen molar-refractivity contribution >= 4 is 33.0 Å². The molecular formula is C66H56F3IrN3O-2. The maximum Gasteiger partial charge on any atom is 0.123 e. The Labute approximate surface area is 452 Å². The summed E-state index contributed by atoms with van der Waals surface area (Å²) in [5.41, 5.74) is 13.7.